The Hall–Kier alpha value is -2.36. The van der Waals surface area contributed by atoms with Gasteiger partial charge in [0, 0.05) is 12.6 Å². The first-order chi connectivity index (χ1) is 12.8. The Morgan fingerprint density at radius 3 is 2.63 bits per heavy atom. The van der Waals surface area contributed by atoms with Crippen LogP contribution in [0.3, 0.4) is 0 Å². The molecule has 27 heavy (non-hydrogen) atoms. The van der Waals surface area contributed by atoms with Crippen LogP contribution in [-0.4, -0.2) is 47.9 Å². The van der Waals surface area contributed by atoms with Gasteiger partial charge in [0.25, 0.3) is 5.91 Å². The van der Waals surface area contributed by atoms with Crippen LogP contribution in [0.2, 0.25) is 0 Å². The zero-order valence-corrected chi connectivity index (χ0v) is 17.0. The Morgan fingerprint density at radius 1 is 1.19 bits per heavy atom. The summed E-state index contributed by atoms with van der Waals surface area (Å²) in [5.41, 5.74) is 1.99. The van der Waals surface area contributed by atoms with Gasteiger partial charge in [-0.25, -0.2) is 4.98 Å². The molecule has 0 N–H and O–H groups in total. The number of nitrogens with zero attached hydrogens (tertiary/aromatic N) is 4. The maximum atomic E-state index is 13.1. The van der Waals surface area contributed by atoms with Gasteiger partial charge >= 0.3 is 5.00 Å². The minimum atomic E-state index is -0.474. The predicted octanol–water partition coefficient (Wildman–Crippen LogP) is 4.17. The van der Waals surface area contributed by atoms with Crippen molar-refractivity contribution < 1.29 is 9.72 Å². The summed E-state index contributed by atoms with van der Waals surface area (Å²) in [4.78, 5) is 32.2. The number of benzene rings is 1. The number of fused-ring (bicyclic) bond motifs is 1. The van der Waals surface area contributed by atoms with E-state index in [1.54, 1.807) is 4.90 Å². The van der Waals surface area contributed by atoms with Gasteiger partial charge in [0.1, 0.15) is 0 Å². The van der Waals surface area contributed by atoms with Gasteiger partial charge in [0.15, 0.2) is 5.13 Å². The van der Waals surface area contributed by atoms with Crippen molar-refractivity contribution in [1.82, 2.24) is 9.88 Å². The van der Waals surface area contributed by atoms with Crippen molar-refractivity contribution in [2.45, 2.75) is 13.3 Å². The number of thiazole rings is 1. The molecular weight excluding hydrogens is 384 g/mol. The number of rotatable bonds is 7. The smallest absolute Gasteiger partial charge is 0.309 e. The number of hydrogen-bond donors (Lipinski definition) is 0. The molecule has 142 valence electrons. The fourth-order valence-electron chi connectivity index (χ4n) is 2.64. The zero-order valence-electron chi connectivity index (χ0n) is 15.3. The lowest BCUT2D eigenvalue weighted by Gasteiger charge is -2.20. The fourth-order valence-corrected chi connectivity index (χ4v) is 4.50. The first-order valence-electron chi connectivity index (χ1n) is 8.43. The van der Waals surface area contributed by atoms with E-state index in [1.165, 1.54) is 23.5 Å². The Bertz CT molecular complexity index is 980. The van der Waals surface area contributed by atoms with E-state index in [9.17, 15) is 14.9 Å². The second kappa shape index (κ2) is 8.12. The van der Waals surface area contributed by atoms with Gasteiger partial charge in [-0.05, 0) is 57.7 Å². The van der Waals surface area contributed by atoms with Crippen molar-refractivity contribution in [3.8, 4) is 0 Å². The summed E-state index contributed by atoms with van der Waals surface area (Å²) in [6.07, 6.45) is 0.779. The Morgan fingerprint density at radius 2 is 1.96 bits per heavy atom. The lowest BCUT2D eigenvalue weighted by Crippen LogP contribution is -2.32. The topological polar surface area (TPSA) is 79.6 Å². The minimum absolute atomic E-state index is 0.0356. The summed E-state index contributed by atoms with van der Waals surface area (Å²) >= 11 is 2.36. The van der Waals surface area contributed by atoms with Crippen molar-refractivity contribution >= 4 is 48.9 Å². The lowest BCUT2D eigenvalue weighted by molar-refractivity contribution is -0.380. The molecule has 7 nitrogen and oxygen atoms in total. The maximum Gasteiger partial charge on any atom is 0.324 e. The highest BCUT2D eigenvalue weighted by Crippen LogP contribution is 2.32. The van der Waals surface area contributed by atoms with Crippen molar-refractivity contribution in [3.63, 3.8) is 0 Å². The Kier molecular flexibility index (Phi) is 5.83. The Balaban J connectivity index is 1.93. The van der Waals surface area contributed by atoms with Crippen molar-refractivity contribution in [2.24, 2.45) is 0 Å². The second-order valence-electron chi connectivity index (χ2n) is 6.48. The molecule has 2 heterocycles. The van der Waals surface area contributed by atoms with Gasteiger partial charge in [0.2, 0.25) is 0 Å². The van der Waals surface area contributed by atoms with E-state index < -0.39 is 4.92 Å². The number of anilines is 1. The predicted molar refractivity (Wildman–Crippen MR) is 110 cm³/mol. The summed E-state index contributed by atoms with van der Waals surface area (Å²) in [5, 5.41) is 11.5. The second-order valence-corrected chi connectivity index (χ2v) is 8.55. The number of carbonyl (C=O) groups excluding carboxylic acids is 1. The van der Waals surface area contributed by atoms with Crippen LogP contribution in [0.25, 0.3) is 10.2 Å². The molecule has 0 bridgehead atoms. The van der Waals surface area contributed by atoms with Crippen molar-refractivity contribution in [2.75, 3.05) is 32.1 Å². The molecule has 0 aliphatic rings. The zero-order chi connectivity index (χ0) is 19.6. The van der Waals surface area contributed by atoms with Crippen LogP contribution in [-0.2, 0) is 0 Å². The van der Waals surface area contributed by atoms with E-state index in [1.807, 2.05) is 33.2 Å². The summed E-state index contributed by atoms with van der Waals surface area (Å²) < 4.78 is 1.02. The highest BCUT2D eigenvalue weighted by molar-refractivity contribution is 7.22. The third-order valence-corrected chi connectivity index (χ3v) is 6.04. The fraction of sp³-hybridized carbons (Fsp3) is 0.333. The van der Waals surface area contributed by atoms with E-state index in [2.05, 4.69) is 16.0 Å². The van der Waals surface area contributed by atoms with Crippen LogP contribution < -0.4 is 4.90 Å². The number of carbonyl (C=O) groups is 1. The quantitative estimate of drug-likeness (QED) is 0.436. The van der Waals surface area contributed by atoms with E-state index in [0.717, 1.165) is 40.1 Å². The molecule has 2 aromatic heterocycles. The number of hydrogen-bond acceptors (Lipinski definition) is 7. The highest BCUT2D eigenvalue weighted by atomic mass is 32.1. The van der Waals surface area contributed by atoms with Gasteiger partial charge in [-0.3, -0.25) is 19.8 Å². The molecule has 0 unspecified atom stereocenters. The summed E-state index contributed by atoms with van der Waals surface area (Å²) in [6.45, 7) is 3.35. The van der Waals surface area contributed by atoms with Gasteiger partial charge in [-0.1, -0.05) is 28.7 Å². The van der Waals surface area contributed by atoms with Crippen LogP contribution in [0.1, 0.15) is 21.7 Å². The molecule has 1 aromatic carbocycles. The monoisotopic (exact) mass is 404 g/mol. The number of aryl methyl sites for hydroxylation is 1. The molecule has 0 spiro atoms. The van der Waals surface area contributed by atoms with Gasteiger partial charge in [0.05, 0.1) is 20.0 Å². The number of amides is 1. The SMILES string of the molecule is Cc1ccc2nc(N(CCCN(C)C)C(=O)c3ccc([N+](=O)[O-])s3)sc2c1. The van der Waals surface area contributed by atoms with Crippen LogP contribution in [0.5, 0.6) is 0 Å². The number of thiophene rings is 1. The lowest BCUT2D eigenvalue weighted by atomic mass is 10.2. The summed E-state index contributed by atoms with van der Waals surface area (Å²) in [7, 11) is 3.96. The van der Waals surface area contributed by atoms with Gasteiger partial charge < -0.3 is 4.90 Å². The van der Waals surface area contributed by atoms with E-state index in [4.69, 9.17) is 0 Å². The molecule has 0 atom stereocenters. The molecule has 0 saturated carbocycles. The van der Waals surface area contributed by atoms with Crippen LogP contribution in [0.4, 0.5) is 10.1 Å². The normalized spacial score (nSPS) is 11.3. The first-order valence-corrected chi connectivity index (χ1v) is 10.1. The third kappa shape index (κ3) is 4.49. The molecular formula is C18H20N4O3S2. The van der Waals surface area contributed by atoms with Gasteiger partial charge in [-0.15, -0.1) is 0 Å². The third-order valence-electron chi connectivity index (χ3n) is 3.98. The van der Waals surface area contributed by atoms with E-state index in [-0.39, 0.29) is 10.9 Å². The first kappa shape index (κ1) is 19.4. The van der Waals surface area contributed by atoms with Crippen LogP contribution >= 0.6 is 22.7 Å². The average molecular weight is 405 g/mol. The standard InChI is InChI=1S/C18H20N4O3S2/c1-12-5-6-13-15(11-12)27-18(19-13)21(10-4-9-20(2)3)17(23)14-7-8-16(26-14)22(24)25/h5-8,11H,4,9-10H2,1-3H3. The average Bonchev–Trinajstić information content (AvgIpc) is 3.24. The van der Waals surface area contributed by atoms with Crippen molar-refractivity contribution in [3.05, 3.63) is 50.9 Å². The van der Waals surface area contributed by atoms with Crippen molar-refractivity contribution in [1.29, 1.82) is 0 Å². The highest BCUT2D eigenvalue weighted by Gasteiger charge is 2.24. The Labute approximate surface area is 165 Å². The van der Waals surface area contributed by atoms with E-state index in [0.29, 0.717) is 16.6 Å². The van der Waals surface area contributed by atoms with Crippen LogP contribution in [0.15, 0.2) is 30.3 Å². The molecule has 1 amide bonds. The molecule has 0 fully saturated rings. The van der Waals surface area contributed by atoms with Crippen LogP contribution in [0, 0.1) is 17.0 Å². The summed E-state index contributed by atoms with van der Waals surface area (Å²) in [6, 6.07) is 8.88. The summed E-state index contributed by atoms with van der Waals surface area (Å²) in [5.74, 6) is -0.248. The molecule has 3 rings (SSSR count). The number of aromatic nitrogens is 1. The molecule has 0 radical (unpaired) electrons. The largest absolute Gasteiger partial charge is 0.324 e. The molecule has 9 heteroatoms. The minimum Gasteiger partial charge on any atom is -0.309 e. The van der Waals surface area contributed by atoms with E-state index >= 15 is 0 Å². The number of nitro groups is 1. The maximum absolute atomic E-state index is 13.1. The molecule has 0 saturated heterocycles. The molecule has 0 aliphatic heterocycles. The molecule has 3 aromatic rings. The molecule has 0 aliphatic carbocycles. The van der Waals surface area contributed by atoms with Gasteiger partial charge in [-0.2, -0.15) is 0 Å².